The van der Waals surface area contributed by atoms with Crippen molar-refractivity contribution in [3.63, 3.8) is 0 Å². The number of nitrogens with zero attached hydrogens (tertiary/aromatic N) is 1. The lowest BCUT2D eigenvalue weighted by Crippen LogP contribution is -2.36. The van der Waals surface area contributed by atoms with Crippen LogP contribution in [-0.4, -0.2) is 63.2 Å². The second kappa shape index (κ2) is 9.13. The van der Waals surface area contributed by atoms with E-state index >= 15 is 0 Å². The Balaban J connectivity index is 3.52. The van der Waals surface area contributed by atoms with Gasteiger partial charge < -0.3 is 24.8 Å². The molecule has 0 aromatic carbocycles. The molecule has 0 aliphatic carbocycles. The molecule has 0 aromatic heterocycles. The van der Waals surface area contributed by atoms with Gasteiger partial charge in [0, 0.05) is 20.1 Å². The van der Waals surface area contributed by atoms with Crippen LogP contribution in [0.2, 0.25) is 0 Å². The summed E-state index contributed by atoms with van der Waals surface area (Å²) < 4.78 is 15.7. The lowest BCUT2D eigenvalue weighted by Gasteiger charge is -2.24. The van der Waals surface area contributed by atoms with E-state index in [-0.39, 0.29) is 6.09 Å². The molecule has 6 nitrogen and oxygen atoms in total. The van der Waals surface area contributed by atoms with Crippen molar-refractivity contribution in [1.82, 2.24) is 4.90 Å². The van der Waals surface area contributed by atoms with E-state index in [0.717, 1.165) is 0 Å². The third-order valence-corrected chi connectivity index (χ3v) is 1.91. The maximum absolute atomic E-state index is 11.6. The molecule has 0 aliphatic rings. The summed E-state index contributed by atoms with van der Waals surface area (Å²) in [6, 6.07) is 0. The molecule has 0 heterocycles. The Morgan fingerprint density at radius 2 is 1.67 bits per heavy atom. The molecule has 1 amide bonds. The van der Waals surface area contributed by atoms with Crippen LogP contribution in [0, 0.1) is 0 Å². The summed E-state index contributed by atoms with van der Waals surface area (Å²) in [5.41, 5.74) is 4.80. The van der Waals surface area contributed by atoms with Crippen molar-refractivity contribution < 1.29 is 19.0 Å². The molecule has 0 atom stereocenters. The second-order valence-corrected chi connectivity index (χ2v) is 4.92. The quantitative estimate of drug-likeness (QED) is 0.656. The highest BCUT2D eigenvalue weighted by atomic mass is 16.6. The molecule has 0 aliphatic heterocycles. The van der Waals surface area contributed by atoms with E-state index in [0.29, 0.717) is 39.5 Å². The fraction of sp³-hybridized carbons (Fsp3) is 0.917. The molecular weight excluding hydrogens is 236 g/mol. The standard InChI is InChI=1S/C12H26N2O4/c1-12(2,3)18-11(15)14(4)6-8-17-10-9-16-7-5-13/h5-10,13H2,1-4H3. The summed E-state index contributed by atoms with van der Waals surface area (Å²) in [6.45, 7) is 8.55. The van der Waals surface area contributed by atoms with Crippen LogP contribution in [0.1, 0.15) is 20.8 Å². The molecule has 108 valence electrons. The molecule has 0 unspecified atom stereocenters. The van der Waals surface area contributed by atoms with Gasteiger partial charge in [-0.3, -0.25) is 0 Å². The fourth-order valence-corrected chi connectivity index (χ4v) is 1.04. The molecule has 0 saturated heterocycles. The molecule has 18 heavy (non-hydrogen) atoms. The number of amides is 1. The zero-order valence-electron chi connectivity index (χ0n) is 11.9. The predicted molar refractivity (Wildman–Crippen MR) is 69.6 cm³/mol. The molecule has 2 N–H and O–H groups in total. The minimum atomic E-state index is -0.470. The van der Waals surface area contributed by atoms with Crippen LogP contribution in [0.4, 0.5) is 4.79 Å². The molecule has 0 saturated carbocycles. The first kappa shape index (κ1) is 17.2. The Morgan fingerprint density at radius 1 is 1.11 bits per heavy atom. The van der Waals surface area contributed by atoms with Crippen LogP contribution in [0.3, 0.4) is 0 Å². The van der Waals surface area contributed by atoms with Gasteiger partial charge in [-0.2, -0.15) is 0 Å². The van der Waals surface area contributed by atoms with Gasteiger partial charge >= 0.3 is 6.09 Å². The summed E-state index contributed by atoms with van der Waals surface area (Å²) in [5.74, 6) is 0. The number of likely N-dealkylation sites (N-methyl/N-ethyl adjacent to an activating group) is 1. The molecule has 0 spiro atoms. The number of rotatable bonds is 8. The lowest BCUT2D eigenvalue weighted by atomic mass is 10.2. The van der Waals surface area contributed by atoms with Gasteiger partial charge in [-0.05, 0) is 20.8 Å². The maximum Gasteiger partial charge on any atom is 0.410 e. The first-order valence-corrected chi connectivity index (χ1v) is 6.16. The van der Waals surface area contributed by atoms with Gasteiger partial charge in [-0.25, -0.2) is 4.79 Å². The first-order chi connectivity index (χ1) is 8.37. The molecule has 0 bridgehead atoms. The van der Waals surface area contributed by atoms with Crippen LogP contribution in [0.15, 0.2) is 0 Å². The molecule has 0 radical (unpaired) electrons. The van der Waals surface area contributed by atoms with E-state index in [1.54, 1.807) is 7.05 Å². The number of carbonyl (C=O) groups is 1. The predicted octanol–water partition coefficient (Wildman–Crippen LogP) is 0.845. The Morgan fingerprint density at radius 3 is 2.17 bits per heavy atom. The highest BCUT2D eigenvalue weighted by Crippen LogP contribution is 2.08. The lowest BCUT2D eigenvalue weighted by molar-refractivity contribution is 0.0165. The molecular formula is C12H26N2O4. The Hall–Kier alpha value is -0.850. The van der Waals surface area contributed by atoms with Crippen LogP contribution < -0.4 is 5.73 Å². The van der Waals surface area contributed by atoms with Crippen molar-refractivity contribution >= 4 is 6.09 Å². The van der Waals surface area contributed by atoms with E-state index in [1.165, 1.54) is 4.90 Å². The number of nitrogens with two attached hydrogens (primary N) is 1. The third-order valence-electron chi connectivity index (χ3n) is 1.91. The van der Waals surface area contributed by atoms with Crippen molar-refractivity contribution in [3.8, 4) is 0 Å². The smallest absolute Gasteiger partial charge is 0.410 e. The highest BCUT2D eigenvalue weighted by molar-refractivity contribution is 5.67. The maximum atomic E-state index is 11.6. The van der Waals surface area contributed by atoms with Gasteiger partial charge in [0.15, 0.2) is 0 Å². The van der Waals surface area contributed by atoms with Gasteiger partial charge in [0.2, 0.25) is 0 Å². The van der Waals surface area contributed by atoms with Crippen molar-refractivity contribution in [2.24, 2.45) is 5.73 Å². The molecule has 6 heteroatoms. The van der Waals surface area contributed by atoms with Gasteiger partial charge in [-0.1, -0.05) is 0 Å². The molecule has 0 rings (SSSR count). The van der Waals surface area contributed by atoms with Crippen molar-refractivity contribution in [2.75, 3.05) is 46.6 Å². The summed E-state index contributed by atoms with van der Waals surface area (Å²) in [7, 11) is 1.68. The Labute approximate surface area is 109 Å². The van der Waals surface area contributed by atoms with Crippen LogP contribution in [0.25, 0.3) is 0 Å². The zero-order valence-corrected chi connectivity index (χ0v) is 11.9. The SMILES string of the molecule is CN(CCOCCOCCN)C(=O)OC(C)(C)C. The number of carbonyl (C=O) groups excluding carboxylic acids is 1. The van der Waals surface area contributed by atoms with Crippen LogP contribution in [0.5, 0.6) is 0 Å². The minimum absolute atomic E-state index is 0.342. The van der Waals surface area contributed by atoms with E-state index in [2.05, 4.69) is 0 Å². The van der Waals surface area contributed by atoms with Crippen LogP contribution in [-0.2, 0) is 14.2 Å². The zero-order chi connectivity index (χ0) is 14.0. The largest absolute Gasteiger partial charge is 0.444 e. The normalized spacial score (nSPS) is 11.4. The summed E-state index contributed by atoms with van der Waals surface area (Å²) in [4.78, 5) is 13.1. The first-order valence-electron chi connectivity index (χ1n) is 6.16. The van der Waals surface area contributed by atoms with Gasteiger partial charge in [0.1, 0.15) is 5.60 Å². The van der Waals surface area contributed by atoms with Gasteiger partial charge in [0.25, 0.3) is 0 Å². The van der Waals surface area contributed by atoms with Gasteiger partial charge in [-0.15, -0.1) is 0 Å². The van der Waals surface area contributed by atoms with Gasteiger partial charge in [0.05, 0.1) is 26.4 Å². The highest BCUT2D eigenvalue weighted by Gasteiger charge is 2.19. The fourth-order valence-electron chi connectivity index (χ4n) is 1.04. The molecule has 0 aromatic rings. The van der Waals surface area contributed by atoms with E-state index in [1.807, 2.05) is 20.8 Å². The van der Waals surface area contributed by atoms with Crippen molar-refractivity contribution in [1.29, 1.82) is 0 Å². The minimum Gasteiger partial charge on any atom is -0.444 e. The summed E-state index contributed by atoms with van der Waals surface area (Å²) in [5, 5.41) is 0. The second-order valence-electron chi connectivity index (χ2n) is 4.92. The molecule has 0 fully saturated rings. The van der Waals surface area contributed by atoms with E-state index in [9.17, 15) is 4.79 Å². The van der Waals surface area contributed by atoms with E-state index < -0.39 is 5.60 Å². The van der Waals surface area contributed by atoms with Crippen molar-refractivity contribution in [3.05, 3.63) is 0 Å². The average Bonchev–Trinajstić information content (AvgIpc) is 2.25. The Bertz CT molecular complexity index is 229. The monoisotopic (exact) mass is 262 g/mol. The Kier molecular flexibility index (Phi) is 8.70. The summed E-state index contributed by atoms with van der Waals surface area (Å²) >= 11 is 0. The number of hydrogen-bond acceptors (Lipinski definition) is 5. The third kappa shape index (κ3) is 10.3. The van der Waals surface area contributed by atoms with Crippen LogP contribution >= 0.6 is 0 Å². The topological polar surface area (TPSA) is 74.0 Å². The average molecular weight is 262 g/mol. The number of ether oxygens (including phenoxy) is 3. The van der Waals surface area contributed by atoms with Crippen molar-refractivity contribution in [2.45, 2.75) is 26.4 Å². The van der Waals surface area contributed by atoms with E-state index in [4.69, 9.17) is 19.9 Å². The summed E-state index contributed by atoms with van der Waals surface area (Å²) in [6.07, 6.45) is -0.342. The number of hydrogen-bond donors (Lipinski definition) is 1.